The van der Waals surface area contributed by atoms with E-state index in [0.29, 0.717) is 27.7 Å². The minimum Gasteiger partial charge on any atom is -0.493 e. The first-order valence-corrected chi connectivity index (χ1v) is 11.7. The molecule has 1 aliphatic rings. The lowest BCUT2D eigenvalue weighted by atomic mass is 10.00. The third-order valence-electron chi connectivity index (χ3n) is 5.41. The molecule has 1 aliphatic heterocycles. The second-order valence-corrected chi connectivity index (χ2v) is 10.3. The lowest BCUT2D eigenvalue weighted by molar-refractivity contribution is 0.323. The van der Waals surface area contributed by atoms with Crippen molar-refractivity contribution in [3.8, 4) is 17.2 Å². The maximum absolute atomic E-state index is 6.05. The summed E-state index contributed by atoms with van der Waals surface area (Å²) in [5.74, 6) is 2.07. The fraction of sp³-hybridized carbons (Fsp3) is 0.478. The van der Waals surface area contributed by atoms with Crippen LogP contribution in [0.15, 0.2) is 29.2 Å². The summed E-state index contributed by atoms with van der Waals surface area (Å²) in [7, 11) is 4.97. The van der Waals surface area contributed by atoms with Crippen LogP contribution in [-0.2, 0) is 0 Å². The lowest BCUT2D eigenvalue weighted by Crippen LogP contribution is -2.09. The molecule has 158 valence electrons. The SMILES string of the molecule is COc1cc([C@@H]2CC[C@@H](c3cc(C)c(C)c(SC(C)N)c3)S2)cc(OC)c1OC. The summed E-state index contributed by atoms with van der Waals surface area (Å²) in [6.07, 6.45) is 2.27. The number of aryl methyl sites for hydroxylation is 1. The predicted octanol–water partition coefficient (Wildman–Crippen LogP) is 6.04. The number of thioether (sulfide) groups is 2. The minimum absolute atomic E-state index is 0.0894. The smallest absolute Gasteiger partial charge is 0.203 e. The molecular weight excluding hydrogens is 402 g/mol. The number of hydrogen-bond acceptors (Lipinski definition) is 6. The summed E-state index contributed by atoms with van der Waals surface area (Å²) in [4.78, 5) is 1.30. The first-order chi connectivity index (χ1) is 13.9. The Morgan fingerprint density at radius 3 is 1.97 bits per heavy atom. The monoisotopic (exact) mass is 433 g/mol. The molecular formula is C23H31NO3S2. The van der Waals surface area contributed by atoms with Gasteiger partial charge in [0.15, 0.2) is 11.5 Å². The van der Waals surface area contributed by atoms with E-state index in [0.717, 1.165) is 12.8 Å². The standard InChI is InChI=1S/C23H31NO3S2/c1-13-9-16(12-22(14(13)2)28-15(3)24)20-7-8-21(29-20)17-10-18(25-4)23(27-6)19(11-17)26-5/h9-12,15,20-21H,7-8,24H2,1-6H3/t15?,20-,21-/m0/s1. The maximum Gasteiger partial charge on any atom is 0.203 e. The van der Waals surface area contributed by atoms with Crippen LogP contribution in [0.2, 0.25) is 0 Å². The Kier molecular flexibility index (Phi) is 7.30. The van der Waals surface area contributed by atoms with Crippen molar-refractivity contribution < 1.29 is 14.2 Å². The molecule has 0 spiro atoms. The first-order valence-electron chi connectivity index (χ1n) is 9.86. The first kappa shape index (κ1) is 22.2. The normalized spacial score (nSPS) is 19.8. The van der Waals surface area contributed by atoms with E-state index in [-0.39, 0.29) is 5.37 Å². The number of ether oxygens (including phenoxy) is 3. The van der Waals surface area contributed by atoms with Crippen molar-refractivity contribution in [2.75, 3.05) is 21.3 Å². The van der Waals surface area contributed by atoms with Gasteiger partial charge >= 0.3 is 0 Å². The Morgan fingerprint density at radius 1 is 0.931 bits per heavy atom. The highest BCUT2D eigenvalue weighted by atomic mass is 32.2. The van der Waals surface area contributed by atoms with E-state index in [9.17, 15) is 0 Å². The summed E-state index contributed by atoms with van der Waals surface area (Å²) >= 11 is 3.76. The summed E-state index contributed by atoms with van der Waals surface area (Å²) in [6, 6.07) is 8.85. The molecule has 3 atom stereocenters. The van der Waals surface area contributed by atoms with Crippen molar-refractivity contribution in [1.82, 2.24) is 0 Å². The number of benzene rings is 2. The topological polar surface area (TPSA) is 53.7 Å². The molecule has 0 aromatic heterocycles. The summed E-state index contributed by atoms with van der Waals surface area (Å²) in [5.41, 5.74) is 11.3. The van der Waals surface area contributed by atoms with Gasteiger partial charge in [-0.25, -0.2) is 0 Å². The fourth-order valence-corrected chi connectivity index (χ4v) is 6.25. The molecule has 2 aromatic rings. The van der Waals surface area contributed by atoms with Crippen molar-refractivity contribution in [2.24, 2.45) is 5.73 Å². The van der Waals surface area contributed by atoms with E-state index < -0.39 is 0 Å². The van der Waals surface area contributed by atoms with E-state index in [2.05, 4.69) is 38.1 Å². The Hall–Kier alpha value is -1.50. The van der Waals surface area contributed by atoms with Gasteiger partial charge in [-0.2, -0.15) is 0 Å². The Morgan fingerprint density at radius 2 is 1.48 bits per heavy atom. The third kappa shape index (κ3) is 4.81. The molecule has 4 nitrogen and oxygen atoms in total. The molecule has 1 unspecified atom stereocenters. The van der Waals surface area contributed by atoms with E-state index >= 15 is 0 Å². The van der Waals surface area contributed by atoms with Gasteiger partial charge in [-0.3, -0.25) is 0 Å². The van der Waals surface area contributed by atoms with Crippen LogP contribution in [0, 0.1) is 13.8 Å². The van der Waals surface area contributed by atoms with E-state index in [1.807, 2.05) is 18.7 Å². The van der Waals surface area contributed by atoms with Crippen molar-refractivity contribution in [1.29, 1.82) is 0 Å². The molecule has 3 rings (SSSR count). The van der Waals surface area contributed by atoms with E-state index in [1.165, 1.54) is 27.1 Å². The highest BCUT2D eigenvalue weighted by Crippen LogP contribution is 2.55. The molecule has 2 aromatic carbocycles. The molecule has 29 heavy (non-hydrogen) atoms. The van der Waals surface area contributed by atoms with Gasteiger partial charge in [0.1, 0.15) is 0 Å². The van der Waals surface area contributed by atoms with Gasteiger partial charge in [-0.1, -0.05) is 6.07 Å². The van der Waals surface area contributed by atoms with Crippen LogP contribution in [0.4, 0.5) is 0 Å². The number of methoxy groups -OCH3 is 3. The van der Waals surface area contributed by atoms with Crippen LogP contribution in [-0.4, -0.2) is 26.7 Å². The Labute approximate surface area is 182 Å². The number of nitrogens with two attached hydrogens (primary N) is 1. The van der Waals surface area contributed by atoms with Crippen LogP contribution in [0.5, 0.6) is 17.2 Å². The molecule has 1 fully saturated rings. The predicted molar refractivity (Wildman–Crippen MR) is 124 cm³/mol. The van der Waals surface area contributed by atoms with E-state index in [1.54, 1.807) is 33.1 Å². The van der Waals surface area contributed by atoms with Crippen LogP contribution in [0.25, 0.3) is 0 Å². The fourth-order valence-electron chi connectivity index (χ4n) is 3.78. The van der Waals surface area contributed by atoms with Crippen LogP contribution < -0.4 is 19.9 Å². The summed E-state index contributed by atoms with van der Waals surface area (Å²) in [5, 5.41) is 0.970. The third-order valence-corrected chi connectivity index (χ3v) is 8.13. The van der Waals surface area contributed by atoms with Gasteiger partial charge in [0.2, 0.25) is 5.75 Å². The summed E-state index contributed by atoms with van der Waals surface area (Å²) in [6.45, 7) is 6.42. The Bertz CT molecular complexity index is 844. The molecule has 0 radical (unpaired) electrons. The molecule has 2 N–H and O–H groups in total. The van der Waals surface area contributed by atoms with Crippen molar-refractivity contribution in [3.63, 3.8) is 0 Å². The van der Waals surface area contributed by atoms with Crippen molar-refractivity contribution in [2.45, 2.75) is 54.4 Å². The van der Waals surface area contributed by atoms with Gasteiger partial charge in [-0.15, -0.1) is 23.5 Å². The Balaban J connectivity index is 1.86. The van der Waals surface area contributed by atoms with Crippen molar-refractivity contribution >= 4 is 23.5 Å². The van der Waals surface area contributed by atoms with Gasteiger partial charge in [0.05, 0.1) is 26.7 Å². The minimum atomic E-state index is 0.0894. The second-order valence-electron chi connectivity index (χ2n) is 7.43. The second kappa shape index (κ2) is 9.54. The number of rotatable bonds is 7. The molecule has 0 saturated carbocycles. The average Bonchev–Trinajstić information content (AvgIpc) is 3.20. The molecule has 6 heteroatoms. The average molecular weight is 434 g/mol. The molecule has 0 amide bonds. The zero-order chi connectivity index (χ0) is 21.1. The van der Waals surface area contributed by atoms with Gasteiger partial charge in [0.25, 0.3) is 0 Å². The highest BCUT2D eigenvalue weighted by Gasteiger charge is 2.30. The van der Waals surface area contributed by atoms with Gasteiger partial charge < -0.3 is 19.9 Å². The highest BCUT2D eigenvalue weighted by molar-refractivity contribution is 8.00. The quantitative estimate of drug-likeness (QED) is 0.425. The molecule has 1 saturated heterocycles. The van der Waals surface area contributed by atoms with Crippen LogP contribution >= 0.6 is 23.5 Å². The van der Waals surface area contributed by atoms with E-state index in [4.69, 9.17) is 19.9 Å². The molecule has 1 heterocycles. The largest absolute Gasteiger partial charge is 0.493 e. The van der Waals surface area contributed by atoms with Crippen LogP contribution in [0.1, 0.15) is 52.5 Å². The molecule has 0 bridgehead atoms. The maximum atomic E-state index is 6.05. The van der Waals surface area contributed by atoms with Crippen LogP contribution in [0.3, 0.4) is 0 Å². The summed E-state index contributed by atoms with van der Waals surface area (Å²) < 4.78 is 16.6. The lowest BCUT2D eigenvalue weighted by Gasteiger charge is -2.19. The van der Waals surface area contributed by atoms with Crippen molar-refractivity contribution in [3.05, 3.63) is 46.5 Å². The van der Waals surface area contributed by atoms with Gasteiger partial charge in [0, 0.05) is 15.4 Å². The molecule has 0 aliphatic carbocycles. The zero-order valence-corrected chi connectivity index (χ0v) is 19.7. The van der Waals surface area contributed by atoms with Gasteiger partial charge in [-0.05, 0) is 74.1 Å². The number of hydrogen-bond donors (Lipinski definition) is 1. The zero-order valence-electron chi connectivity index (χ0n) is 18.1.